The molecular formula is C26H22F2N6O6. The van der Waals surface area contributed by atoms with E-state index < -0.39 is 34.7 Å². The molecule has 5 rings (SSSR count). The van der Waals surface area contributed by atoms with Gasteiger partial charge in [-0.3, -0.25) is 15.4 Å². The van der Waals surface area contributed by atoms with Crippen molar-refractivity contribution in [1.82, 2.24) is 14.6 Å². The molecule has 2 aromatic heterocycles. The number of fused-ring (bicyclic) bond motifs is 1. The number of nitrogens with one attached hydrogen (secondary N) is 1. The summed E-state index contributed by atoms with van der Waals surface area (Å²) in [5.41, 5.74) is 0.203. The molecule has 3 heterocycles. The van der Waals surface area contributed by atoms with Crippen molar-refractivity contribution in [2.24, 2.45) is 0 Å². The van der Waals surface area contributed by atoms with Gasteiger partial charge >= 0.3 is 12.1 Å². The van der Waals surface area contributed by atoms with Crippen LogP contribution in [0.1, 0.15) is 41.7 Å². The second-order valence-corrected chi connectivity index (χ2v) is 8.80. The van der Waals surface area contributed by atoms with E-state index in [1.807, 2.05) is 4.90 Å². The first-order valence-corrected chi connectivity index (χ1v) is 12.3. The Morgan fingerprint density at radius 1 is 1.18 bits per heavy atom. The number of carbonyl (C=O) groups excluding carboxylic acids is 2. The second kappa shape index (κ2) is 10.9. The van der Waals surface area contributed by atoms with Crippen molar-refractivity contribution in [2.75, 3.05) is 23.4 Å². The summed E-state index contributed by atoms with van der Waals surface area (Å²) in [6.45, 7) is 2.18. The first-order valence-electron chi connectivity index (χ1n) is 12.3. The fourth-order valence-electron chi connectivity index (χ4n) is 4.60. The molecule has 4 aromatic rings. The molecule has 14 heteroatoms. The van der Waals surface area contributed by atoms with E-state index in [-0.39, 0.29) is 40.5 Å². The molecule has 1 atom stereocenters. The minimum absolute atomic E-state index is 0.0261. The van der Waals surface area contributed by atoms with Gasteiger partial charge in [0.2, 0.25) is 0 Å². The van der Waals surface area contributed by atoms with E-state index in [4.69, 9.17) is 9.47 Å². The number of hydrogen-bond donors (Lipinski definition) is 1. The highest BCUT2D eigenvalue weighted by atomic mass is 19.1. The van der Waals surface area contributed by atoms with Gasteiger partial charge in [0.25, 0.3) is 5.69 Å². The third-order valence-electron chi connectivity index (χ3n) is 6.33. The topological polar surface area (TPSA) is 141 Å². The van der Waals surface area contributed by atoms with Gasteiger partial charge in [0.1, 0.15) is 35.1 Å². The van der Waals surface area contributed by atoms with Crippen LogP contribution in [0, 0.1) is 21.7 Å². The lowest BCUT2D eigenvalue weighted by Crippen LogP contribution is -2.24. The Morgan fingerprint density at radius 3 is 2.67 bits per heavy atom. The molecule has 1 saturated heterocycles. The highest BCUT2D eigenvalue weighted by molar-refractivity contribution is 6.05. The maximum absolute atomic E-state index is 14.6. The average molecular weight is 552 g/mol. The molecule has 0 spiro atoms. The molecule has 1 unspecified atom stereocenters. The molecule has 0 bridgehead atoms. The van der Waals surface area contributed by atoms with Crippen LogP contribution >= 0.6 is 0 Å². The van der Waals surface area contributed by atoms with Crippen LogP contribution in [-0.2, 0) is 4.74 Å². The summed E-state index contributed by atoms with van der Waals surface area (Å²) in [6.07, 6.45) is 1.60. The number of aromatic nitrogens is 3. The van der Waals surface area contributed by atoms with Gasteiger partial charge in [-0.05, 0) is 50.1 Å². The van der Waals surface area contributed by atoms with Gasteiger partial charge in [0.15, 0.2) is 5.82 Å². The zero-order valence-corrected chi connectivity index (χ0v) is 21.0. The van der Waals surface area contributed by atoms with Crippen molar-refractivity contribution >= 4 is 34.9 Å². The van der Waals surface area contributed by atoms with Crippen LogP contribution < -0.4 is 15.0 Å². The Bertz CT molecular complexity index is 1610. The van der Waals surface area contributed by atoms with Crippen molar-refractivity contribution in [3.8, 4) is 5.75 Å². The van der Waals surface area contributed by atoms with E-state index in [1.54, 1.807) is 13.0 Å². The fraction of sp³-hybridized carbons (Fsp3) is 0.231. The summed E-state index contributed by atoms with van der Waals surface area (Å²) in [7, 11) is 0. The summed E-state index contributed by atoms with van der Waals surface area (Å²) < 4.78 is 40.1. The smallest absolute Gasteiger partial charge is 0.418 e. The lowest BCUT2D eigenvalue weighted by atomic mass is 10.0. The van der Waals surface area contributed by atoms with Gasteiger partial charge in [-0.2, -0.15) is 0 Å². The largest absolute Gasteiger partial charge is 0.462 e. The minimum atomic E-state index is -1.00. The number of hydrogen-bond acceptors (Lipinski definition) is 9. The number of anilines is 2. The Morgan fingerprint density at radius 2 is 1.95 bits per heavy atom. The number of nitro groups is 1. The van der Waals surface area contributed by atoms with Gasteiger partial charge in [0, 0.05) is 30.3 Å². The SMILES string of the molecule is CCOC(=O)c1c(NC(=O)Oc2ccc([N+](=O)[O-])cc2)nn2cnc(N3CCCC3c3cc(F)ccc3F)cc12. The number of nitro benzene ring substituents is 1. The summed E-state index contributed by atoms with van der Waals surface area (Å²) in [4.78, 5) is 42.0. The second-order valence-electron chi connectivity index (χ2n) is 8.80. The molecule has 1 amide bonds. The third kappa shape index (κ3) is 5.23. The normalized spacial score (nSPS) is 14.8. The van der Waals surface area contributed by atoms with Crippen molar-refractivity contribution in [1.29, 1.82) is 0 Å². The molecule has 1 aliphatic rings. The predicted octanol–water partition coefficient (Wildman–Crippen LogP) is 5.04. The van der Waals surface area contributed by atoms with Crippen molar-refractivity contribution in [2.45, 2.75) is 25.8 Å². The lowest BCUT2D eigenvalue weighted by molar-refractivity contribution is -0.384. The van der Waals surface area contributed by atoms with Crippen molar-refractivity contribution in [3.05, 3.63) is 87.7 Å². The van der Waals surface area contributed by atoms with Gasteiger partial charge in [-0.25, -0.2) is 27.9 Å². The Balaban J connectivity index is 1.46. The number of carbonyl (C=O) groups is 2. The lowest BCUT2D eigenvalue weighted by Gasteiger charge is -2.26. The number of non-ortho nitro benzene ring substituents is 1. The Kier molecular flexibility index (Phi) is 7.23. The zero-order chi connectivity index (χ0) is 28.4. The van der Waals surface area contributed by atoms with Gasteiger partial charge in [-0.15, -0.1) is 5.10 Å². The molecule has 1 aliphatic heterocycles. The van der Waals surface area contributed by atoms with E-state index in [1.165, 1.54) is 35.1 Å². The first kappa shape index (κ1) is 26.5. The Hall–Kier alpha value is -5.14. The van der Waals surface area contributed by atoms with Crippen LogP contribution in [0.15, 0.2) is 54.9 Å². The van der Waals surface area contributed by atoms with Crippen LogP contribution in [0.2, 0.25) is 0 Å². The standard InChI is InChI=1S/C26H22F2N6O6/c1-2-39-25(35)23-21-13-22(32-11-3-4-20(32)18-12-15(27)5-10-19(18)28)29-14-33(21)31-24(23)30-26(36)40-17-8-6-16(7-9-17)34(37)38/h5-10,12-14,20H,2-4,11H2,1H3,(H,30,31,36). The maximum atomic E-state index is 14.6. The number of benzene rings is 2. The van der Waals surface area contributed by atoms with Crippen LogP contribution in [0.4, 0.5) is 30.9 Å². The number of amides is 1. The molecule has 40 heavy (non-hydrogen) atoms. The highest BCUT2D eigenvalue weighted by Crippen LogP contribution is 2.37. The number of rotatable bonds is 7. The number of ether oxygens (including phenoxy) is 2. The van der Waals surface area contributed by atoms with E-state index in [2.05, 4.69) is 15.4 Å². The quantitative estimate of drug-likeness (QED) is 0.189. The zero-order valence-electron chi connectivity index (χ0n) is 21.0. The molecule has 0 radical (unpaired) electrons. The van der Waals surface area contributed by atoms with Crippen LogP contribution in [0.25, 0.3) is 5.52 Å². The van der Waals surface area contributed by atoms with E-state index in [0.29, 0.717) is 25.2 Å². The van der Waals surface area contributed by atoms with E-state index >= 15 is 0 Å². The molecule has 12 nitrogen and oxygen atoms in total. The molecule has 2 aromatic carbocycles. The van der Waals surface area contributed by atoms with Crippen LogP contribution in [-0.4, -0.2) is 44.7 Å². The molecule has 1 N–H and O–H groups in total. The third-order valence-corrected chi connectivity index (χ3v) is 6.33. The fourth-order valence-corrected chi connectivity index (χ4v) is 4.60. The molecule has 0 saturated carbocycles. The molecular weight excluding hydrogens is 530 g/mol. The van der Waals surface area contributed by atoms with Gasteiger partial charge in [-0.1, -0.05) is 0 Å². The van der Waals surface area contributed by atoms with Crippen molar-refractivity contribution < 1.29 is 32.8 Å². The number of esters is 1. The summed E-state index contributed by atoms with van der Waals surface area (Å²) in [6, 6.07) is 9.23. The maximum Gasteiger partial charge on any atom is 0.418 e. The van der Waals surface area contributed by atoms with Crippen LogP contribution in [0.5, 0.6) is 5.75 Å². The monoisotopic (exact) mass is 552 g/mol. The van der Waals surface area contributed by atoms with E-state index in [0.717, 1.165) is 18.2 Å². The number of nitrogens with zero attached hydrogens (tertiary/aromatic N) is 5. The first-order chi connectivity index (χ1) is 19.2. The summed E-state index contributed by atoms with van der Waals surface area (Å²) in [5, 5.41) is 17.5. The van der Waals surface area contributed by atoms with Crippen LogP contribution in [0.3, 0.4) is 0 Å². The molecule has 1 fully saturated rings. The van der Waals surface area contributed by atoms with Gasteiger partial charge < -0.3 is 14.4 Å². The molecule has 206 valence electrons. The average Bonchev–Trinajstić information content (AvgIpc) is 3.54. The van der Waals surface area contributed by atoms with Gasteiger partial charge in [0.05, 0.1) is 23.1 Å². The summed E-state index contributed by atoms with van der Waals surface area (Å²) >= 11 is 0. The highest BCUT2D eigenvalue weighted by Gasteiger charge is 2.31. The predicted molar refractivity (Wildman–Crippen MR) is 137 cm³/mol. The van der Waals surface area contributed by atoms with Crippen molar-refractivity contribution in [3.63, 3.8) is 0 Å². The minimum Gasteiger partial charge on any atom is -0.462 e. The Labute approximate surface area is 225 Å². The summed E-state index contributed by atoms with van der Waals surface area (Å²) in [5.74, 6) is -1.60. The molecule has 0 aliphatic carbocycles. The van der Waals surface area contributed by atoms with E-state index in [9.17, 15) is 28.5 Å². The number of halogens is 2.